The summed E-state index contributed by atoms with van der Waals surface area (Å²) in [5, 5.41) is 1.00. The van der Waals surface area contributed by atoms with E-state index in [1.807, 2.05) is 44.2 Å². The van der Waals surface area contributed by atoms with Crippen molar-refractivity contribution in [2.75, 3.05) is 42.9 Å². The molecular formula is C24H29N3O3S2. The highest BCUT2D eigenvalue weighted by Crippen LogP contribution is 2.38. The van der Waals surface area contributed by atoms with Crippen molar-refractivity contribution in [3.8, 4) is 5.75 Å². The summed E-state index contributed by atoms with van der Waals surface area (Å²) in [6.45, 7) is 7.98. The Kier molecular flexibility index (Phi) is 5.55. The number of anilines is 2. The van der Waals surface area contributed by atoms with E-state index in [0.717, 1.165) is 52.3 Å². The average Bonchev–Trinajstić information content (AvgIpc) is 3.37. The van der Waals surface area contributed by atoms with E-state index in [0.29, 0.717) is 15.9 Å². The summed E-state index contributed by atoms with van der Waals surface area (Å²) in [4.78, 5) is 4.89. The first kappa shape index (κ1) is 21.6. The summed E-state index contributed by atoms with van der Waals surface area (Å²) in [6.07, 6.45) is 2.47. The van der Waals surface area contributed by atoms with Gasteiger partial charge in [-0.05, 0) is 68.4 Å². The van der Waals surface area contributed by atoms with Crippen molar-refractivity contribution in [2.24, 2.45) is 0 Å². The van der Waals surface area contributed by atoms with Gasteiger partial charge in [-0.3, -0.25) is 9.62 Å². The van der Waals surface area contributed by atoms with Gasteiger partial charge in [-0.2, -0.15) is 0 Å². The number of methoxy groups -OCH3 is 1. The normalized spacial score (nSPS) is 19.3. The van der Waals surface area contributed by atoms with Crippen molar-refractivity contribution >= 4 is 42.8 Å². The number of thiophene rings is 1. The Morgan fingerprint density at radius 2 is 1.94 bits per heavy atom. The highest BCUT2D eigenvalue weighted by atomic mass is 32.2. The number of fused-ring (bicyclic) bond motifs is 2. The summed E-state index contributed by atoms with van der Waals surface area (Å²) >= 11 is 1.32. The van der Waals surface area contributed by atoms with Gasteiger partial charge in [-0.25, -0.2) is 8.42 Å². The molecule has 1 N–H and O–H groups in total. The van der Waals surface area contributed by atoms with Crippen LogP contribution in [0, 0.1) is 13.8 Å². The molecule has 3 heterocycles. The van der Waals surface area contributed by atoms with Gasteiger partial charge in [0, 0.05) is 30.4 Å². The standard InChI is InChI=1S/C24H29N3O3S2/c1-16-6-9-23-20(13-16)17(2)24(31-23)32(28,29)25-18-7-8-22(30-3)21(14-18)27-12-11-26-10-4-5-19(26)15-27/h6-9,13-14,19,25H,4-5,10-12,15H2,1-3H3. The summed E-state index contributed by atoms with van der Waals surface area (Å²) in [6, 6.07) is 12.2. The van der Waals surface area contributed by atoms with Gasteiger partial charge in [0.2, 0.25) is 0 Å². The topological polar surface area (TPSA) is 61.9 Å². The molecule has 0 radical (unpaired) electrons. The van der Waals surface area contributed by atoms with Crippen LogP contribution in [0.3, 0.4) is 0 Å². The molecule has 0 amide bonds. The summed E-state index contributed by atoms with van der Waals surface area (Å²) in [7, 11) is -2.04. The Labute approximate surface area is 193 Å². The third-order valence-electron chi connectivity index (χ3n) is 6.65. The Balaban J connectivity index is 1.45. The number of hydrogen-bond donors (Lipinski definition) is 1. The number of benzene rings is 2. The molecule has 5 rings (SSSR count). The second-order valence-corrected chi connectivity index (χ2v) is 11.7. The molecule has 1 atom stereocenters. The molecule has 2 saturated heterocycles. The Bertz CT molecular complexity index is 1270. The largest absolute Gasteiger partial charge is 0.495 e. The lowest BCUT2D eigenvalue weighted by molar-refractivity contribution is 0.230. The van der Waals surface area contributed by atoms with Crippen molar-refractivity contribution < 1.29 is 13.2 Å². The van der Waals surface area contributed by atoms with Gasteiger partial charge in [0.05, 0.1) is 18.5 Å². The highest BCUT2D eigenvalue weighted by Gasteiger charge is 2.32. The summed E-state index contributed by atoms with van der Waals surface area (Å²) in [5.74, 6) is 0.771. The van der Waals surface area contributed by atoms with Gasteiger partial charge in [-0.1, -0.05) is 17.7 Å². The molecule has 1 unspecified atom stereocenters. The number of piperazine rings is 1. The van der Waals surface area contributed by atoms with Gasteiger partial charge < -0.3 is 9.64 Å². The van der Waals surface area contributed by atoms with Crippen molar-refractivity contribution in [2.45, 2.75) is 36.9 Å². The van der Waals surface area contributed by atoms with E-state index in [9.17, 15) is 8.42 Å². The maximum Gasteiger partial charge on any atom is 0.271 e. The second kappa shape index (κ2) is 8.24. The molecule has 2 aliphatic rings. The van der Waals surface area contributed by atoms with E-state index in [1.54, 1.807) is 13.2 Å². The molecule has 170 valence electrons. The molecule has 0 saturated carbocycles. The molecule has 6 nitrogen and oxygen atoms in total. The van der Waals surface area contributed by atoms with Crippen LogP contribution >= 0.6 is 11.3 Å². The first-order valence-electron chi connectivity index (χ1n) is 11.1. The van der Waals surface area contributed by atoms with Gasteiger partial charge in [0.1, 0.15) is 9.96 Å². The number of nitrogens with zero attached hydrogens (tertiary/aromatic N) is 2. The maximum atomic E-state index is 13.3. The smallest absolute Gasteiger partial charge is 0.271 e. The van der Waals surface area contributed by atoms with Crippen LogP contribution in [0.5, 0.6) is 5.75 Å². The van der Waals surface area contributed by atoms with Crippen LogP contribution in [0.2, 0.25) is 0 Å². The zero-order valence-electron chi connectivity index (χ0n) is 18.7. The highest BCUT2D eigenvalue weighted by molar-refractivity contribution is 7.94. The third kappa shape index (κ3) is 3.84. The van der Waals surface area contributed by atoms with Gasteiger partial charge >= 0.3 is 0 Å². The van der Waals surface area contributed by atoms with Gasteiger partial charge in [0.25, 0.3) is 10.0 Å². The third-order valence-corrected chi connectivity index (χ3v) is 9.93. The van der Waals surface area contributed by atoms with Crippen LogP contribution in [-0.4, -0.2) is 52.6 Å². The molecule has 2 aromatic carbocycles. The Morgan fingerprint density at radius 1 is 1.09 bits per heavy atom. The van der Waals surface area contributed by atoms with Crippen LogP contribution in [0.25, 0.3) is 10.1 Å². The minimum absolute atomic E-state index is 0.370. The fraction of sp³-hybridized carbons (Fsp3) is 0.417. The number of ether oxygens (including phenoxy) is 1. The van der Waals surface area contributed by atoms with Crippen molar-refractivity contribution in [1.29, 1.82) is 0 Å². The molecule has 0 bridgehead atoms. The van der Waals surface area contributed by atoms with Gasteiger partial charge in [-0.15, -0.1) is 11.3 Å². The Morgan fingerprint density at radius 3 is 2.75 bits per heavy atom. The molecule has 2 aliphatic heterocycles. The number of sulfonamides is 1. The summed E-state index contributed by atoms with van der Waals surface area (Å²) in [5.41, 5.74) is 3.43. The zero-order valence-corrected chi connectivity index (χ0v) is 20.4. The first-order chi connectivity index (χ1) is 15.4. The average molecular weight is 472 g/mol. The second-order valence-electron chi connectivity index (χ2n) is 8.78. The molecule has 0 aliphatic carbocycles. The van der Waals surface area contributed by atoms with E-state index in [1.165, 1.54) is 30.7 Å². The zero-order chi connectivity index (χ0) is 22.5. The van der Waals surface area contributed by atoms with Crippen molar-refractivity contribution in [3.63, 3.8) is 0 Å². The van der Waals surface area contributed by atoms with E-state index in [-0.39, 0.29) is 0 Å². The predicted molar refractivity (Wildman–Crippen MR) is 132 cm³/mol. The SMILES string of the molecule is COc1ccc(NS(=O)(=O)c2sc3ccc(C)cc3c2C)cc1N1CCN2CCCC2C1. The number of aryl methyl sites for hydroxylation is 2. The molecule has 1 aromatic heterocycles. The minimum Gasteiger partial charge on any atom is -0.495 e. The predicted octanol–water partition coefficient (Wildman–Crippen LogP) is 4.61. The number of nitrogens with one attached hydrogen (secondary N) is 1. The van der Waals surface area contributed by atoms with Crippen LogP contribution in [0.1, 0.15) is 24.0 Å². The fourth-order valence-corrected chi connectivity index (χ4v) is 7.78. The molecule has 3 aromatic rings. The first-order valence-corrected chi connectivity index (χ1v) is 13.4. The number of hydrogen-bond acceptors (Lipinski definition) is 6. The summed E-state index contributed by atoms with van der Waals surface area (Å²) < 4.78 is 36.4. The van der Waals surface area contributed by atoms with E-state index >= 15 is 0 Å². The van der Waals surface area contributed by atoms with Crippen LogP contribution in [-0.2, 0) is 10.0 Å². The van der Waals surface area contributed by atoms with E-state index in [2.05, 4.69) is 14.5 Å². The molecule has 0 spiro atoms. The maximum absolute atomic E-state index is 13.3. The van der Waals surface area contributed by atoms with Gasteiger partial charge in [0.15, 0.2) is 0 Å². The van der Waals surface area contributed by atoms with E-state index < -0.39 is 10.0 Å². The monoisotopic (exact) mass is 471 g/mol. The molecule has 8 heteroatoms. The van der Waals surface area contributed by atoms with Crippen LogP contribution in [0.15, 0.2) is 40.6 Å². The lowest BCUT2D eigenvalue weighted by atomic mass is 10.1. The molecule has 2 fully saturated rings. The van der Waals surface area contributed by atoms with Crippen molar-refractivity contribution in [3.05, 3.63) is 47.5 Å². The van der Waals surface area contributed by atoms with Crippen LogP contribution in [0.4, 0.5) is 11.4 Å². The quantitative estimate of drug-likeness (QED) is 0.589. The minimum atomic E-state index is -3.70. The lowest BCUT2D eigenvalue weighted by Crippen LogP contribution is -2.50. The van der Waals surface area contributed by atoms with Crippen molar-refractivity contribution in [1.82, 2.24) is 4.90 Å². The fourth-order valence-electron chi connectivity index (χ4n) is 4.98. The Hall–Kier alpha value is -2.29. The number of rotatable bonds is 5. The van der Waals surface area contributed by atoms with Crippen LogP contribution < -0.4 is 14.4 Å². The lowest BCUT2D eigenvalue weighted by Gasteiger charge is -2.39. The van der Waals surface area contributed by atoms with E-state index in [4.69, 9.17) is 4.74 Å². The molecular weight excluding hydrogens is 442 g/mol. The molecule has 32 heavy (non-hydrogen) atoms.